The van der Waals surface area contributed by atoms with Gasteiger partial charge in [-0.15, -0.1) is 0 Å². The summed E-state index contributed by atoms with van der Waals surface area (Å²) >= 11 is 0. The van der Waals surface area contributed by atoms with E-state index in [2.05, 4.69) is 5.32 Å². The number of nitrogens with one attached hydrogen (secondary N) is 1. The van der Waals surface area contributed by atoms with E-state index in [0.29, 0.717) is 5.75 Å². The Morgan fingerprint density at radius 2 is 1.51 bits per heavy atom. The molecule has 4 aromatic rings. The van der Waals surface area contributed by atoms with Crippen LogP contribution in [0.2, 0.25) is 0 Å². The molecule has 0 saturated heterocycles. The fourth-order valence-corrected chi connectivity index (χ4v) is 7.51. The molecule has 1 saturated carbocycles. The van der Waals surface area contributed by atoms with Crippen molar-refractivity contribution in [3.05, 3.63) is 126 Å². The number of nitrogens with zero attached hydrogens (tertiary/aromatic N) is 2. The highest BCUT2D eigenvalue weighted by Gasteiger charge is 2.35. The lowest BCUT2D eigenvalue weighted by molar-refractivity contribution is -0.140. The van der Waals surface area contributed by atoms with Crippen molar-refractivity contribution < 1.29 is 22.7 Å². The number of aryl methyl sites for hydroxylation is 1. The van der Waals surface area contributed by atoms with Crippen LogP contribution in [0, 0.1) is 6.92 Å². The van der Waals surface area contributed by atoms with Crippen LogP contribution in [0.25, 0.3) is 0 Å². The Morgan fingerprint density at radius 3 is 2.19 bits per heavy atom. The molecule has 8 nitrogen and oxygen atoms in total. The fourth-order valence-electron chi connectivity index (χ4n) is 6.08. The van der Waals surface area contributed by atoms with E-state index in [9.17, 15) is 18.0 Å². The maximum Gasteiger partial charge on any atom is 0.264 e. The fraction of sp³-hybridized carbons (Fsp3) is 0.316. The molecule has 4 aromatic carbocycles. The van der Waals surface area contributed by atoms with Crippen molar-refractivity contribution in [2.75, 3.05) is 18.0 Å². The molecule has 5 rings (SSSR count). The molecule has 246 valence electrons. The molecule has 1 atom stereocenters. The second-order valence-electron chi connectivity index (χ2n) is 12.0. The first-order valence-corrected chi connectivity index (χ1v) is 17.6. The molecule has 0 spiro atoms. The van der Waals surface area contributed by atoms with Crippen LogP contribution in [-0.2, 0) is 32.6 Å². The summed E-state index contributed by atoms with van der Waals surface area (Å²) in [7, 11) is -2.68. The van der Waals surface area contributed by atoms with Crippen molar-refractivity contribution in [2.45, 2.75) is 69.0 Å². The first-order valence-electron chi connectivity index (χ1n) is 16.2. The molecule has 47 heavy (non-hydrogen) atoms. The largest absolute Gasteiger partial charge is 0.497 e. The molecule has 1 fully saturated rings. The highest BCUT2D eigenvalue weighted by molar-refractivity contribution is 7.92. The van der Waals surface area contributed by atoms with Gasteiger partial charge in [-0.2, -0.15) is 0 Å². The van der Waals surface area contributed by atoms with Crippen molar-refractivity contribution in [1.82, 2.24) is 10.2 Å². The van der Waals surface area contributed by atoms with Gasteiger partial charge in [-0.25, -0.2) is 8.42 Å². The predicted molar refractivity (Wildman–Crippen MR) is 185 cm³/mol. The number of sulfonamides is 1. The number of anilines is 1. The maximum absolute atomic E-state index is 14.7. The van der Waals surface area contributed by atoms with Gasteiger partial charge in [0.1, 0.15) is 18.3 Å². The molecule has 1 N–H and O–H groups in total. The average molecular weight is 654 g/mol. The molecule has 0 radical (unpaired) electrons. The normalized spacial score (nSPS) is 14.2. The summed E-state index contributed by atoms with van der Waals surface area (Å²) in [5, 5.41) is 3.25. The van der Waals surface area contributed by atoms with Crippen molar-refractivity contribution in [1.29, 1.82) is 0 Å². The lowest BCUT2D eigenvalue weighted by Gasteiger charge is -2.35. The van der Waals surface area contributed by atoms with Crippen molar-refractivity contribution in [2.24, 2.45) is 0 Å². The van der Waals surface area contributed by atoms with E-state index in [0.717, 1.165) is 53.1 Å². The maximum atomic E-state index is 14.7. The quantitative estimate of drug-likeness (QED) is 0.183. The van der Waals surface area contributed by atoms with Crippen LogP contribution in [0.1, 0.15) is 48.8 Å². The molecule has 9 heteroatoms. The zero-order chi connectivity index (χ0) is 33.2. The topological polar surface area (TPSA) is 96.0 Å². The van der Waals surface area contributed by atoms with E-state index in [1.807, 2.05) is 61.5 Å². The standard InChI is InChI=1S/C38H43N3O5S/c1-29-15-12-13-18-31(29)27-40(36(25-30-16-6-3-7-17-30)38(43)39-32-19-8-4-9-20-32)37(42)28-41(33-21-14-22-34(26-33)46-2)47(44,45)35-23-10-5-11-24-35/h3,5-7,10-18,21-24,26,32,36H,4,8-9,19-20,25,27-28H2,1-2H3,(H,39,43). The van der Waals surface area contributed by atoms with Gasteiger partial charge < -0.3 is 15.0 Å². The lowest BCUT2D eigenvalue weighted by Crippen LogP contribution is -2.55. The zero-order valence-corrected chi connectivity index (χ0v) is 27.9. The molecule has 0 aromatic heterocycles. The SMILES string of the molecule is COc1cccc(N(CC(=O)N(Cc2ccccc2C)C(Cc2ccccc2)C(=O)NC2CCCCC2)S(=O)(=O)c2ccccc2)c1. The molecule has 0 heterocycles. The van der Waals surface area contributed by atoms with Crippen molar-refractivity contribution >= 4 is 27.5 Å². The number of amides is 2. The van der Waals surface area contributed by atoms with Gasteiger partial charge in [-0.05, 0) is 60.7 Å². The molecule has 0 bridgehead atoms. The Bertz CT molecular complexity index is 1740. The minimum absolute atomic E-state index is 0.0386. The second-order valence-corrected chi connectivity index (χ2v) is 13.9. The Balaban J connectivity index is 1.57. The van der Waals surface area contributed by atoms with E-state index >= 15 is 0 Å². The lowest BCUT2D eigenvalue weighted by atomic mass is 9.94. The second kappa shape index (κ2) is 15.8. The van der Waals surface area contributed by atoms with Crippen LogP contribution in [0.3, 0.4) is 0 Å². The summed E-state index contributed by atoms with van der Waals surface area (Å²) in [5.41, 5.74) is 3.03. The van der Waals surface area contributed by atoms with Crippen LogP contribution in [-0.4, -0.2) is 50.9 Å². The average Bonchev–Trinajstić information content (AvgIpc) is 3.10. The first-order chi connectivity index (χ1) is 22.8. The van der Waals surface area contributed by atoms with Gasteiger partial charge in [0.05, 0.1) is 17.7 Å². The third-order valence-corrected chi connectivity index (χ3v) is 10.6. The molecule has 0 aliphatic heterocycles. The Morgan fingerprint density at radius 1 is 0.851 bits per heavy atom. The number of benzene rings is 4. The van der Waals surface area contributed by atoms with Gasteiger partial charge in [0.25, 0.3) is 10.0 Å². The molecule has 2 amide bonds. The van der Waals surface area contributed by atoms with Gasteiger partial charge in [0, 0.05) is 25.1 Å². The molecular weight excluding hydrogens is 611 g/mol. The number of hydrogen-bond donors (Lipinski definition) is 1. The van der Waals surface area contributed by atoms with Gasteiger partial charge in [-0.1, -0.05) is 98.1 Å². The molecule has 1 aliphatic rings. The van der Waals surface area contributed by atoms with E-state index < -0.39 is 28.5 Å². The van der Waals surface area contributed by atoms with E-state index in [-0.39, 0.29) is 35.5 Å². The zero-order valence-electron chi connectivity index (χ0n) is 27.0. The van der Waals surface area contributed by atoms with Gasteiger partial charge >= 0.3 is 0 Å². The van der Waals surface area contributed by atoms with Crippen LogP contribution in [0.5, 0.6) is 5.75 Å². The van der Waals surface area contributed by atoms with E-state index in [1.165, 1.54) is 19.2 Å². The highest BCUT2D eigenvalue weighted by atomic mass is 32.2. The van der Waals surface area contributed by atoms with E-state index in [4.69, 9.17) is 4.74 Å². The van der Waals surface area contributed by atoms with Crippen LogP contribution in [0.15, 0.2) is 114 Å². The van der Waals surface area contributed by atoms with E-state index in [1.54, 1.807) is 47.4 Å². The van der Waals surface area contributed by atoms with Gasteiger partial charge in [-0.3, -0.25) is 13.9 Å². The third-order valence-electron chi connectivity index (χ3n) is 8.78. The number of carbonyl (C=O) groups excluding carboxylic acids is 2. The molecular formula is C38H43N3O5S. The number of hydrogen-bond acceptors (Lipinski definition) is 5. The summed E-state index contributed by atoms with van der Waals surface area (Å²) in [4.78, 5) is 30.6. The highest BCUT2D eigenvalue weighted by Crippen LogP contribution is 2.28. The number of methoxy groups -OCH3 is 1. The smallest absolute Gasteiger partial charge is 0.264 e. The summed E-state index contributed by atoms with van der Waals surface area (Å²) in [6, 6.07) is 31.2. The number of ether oxygens (including phenoxy) is 1. The first kappa shape index (κ1) is 33.7. The minimum Gasteiger partial charge on any atom is -0.497 e. The van der Waals surface area contributed by atoms with Crippen molar-refractivity contribution in [3.8, 4) is 5.75 Å². The van der Waals surface area contributed by atoms with Gasteiger partial charge in [0.2, 0.25) is 11.8 Å². The number of rotatable bonds is 13. The van der Waals surface area contributed by atoms with Crippen molar-refractivity contribution in [3.63, 3.8) is 0 Å². The monoisotopic (exact) mass is 653 g/mol. The Labute approximate surface area is 278 Å². The third kappa shape index (κ3) is 8.60. The molecule has 1 unspecified atom stereocenters. The predicted octanol–water partition coefficient (Wildman–Crippen LogP) is 6.29. The summed E-state index contributed by atoms with van der Waals surface area (Å²) < 4.78 is 34.9. The summed E-state index contributed by atoms with van der Waals surface area (Å²) in [6.45, 7) is 1.59. The molecule has 1 aliphatic carbocycles. The van der Waals surface area contributed by atoms with Gasteiger partial charge in [0.15, 0.2) is 0 Å². The summed E-state index contributed by atoms with van der Waals surface area (Å²) in [5.74, 6) is -0.273. The Hall–Kier alpha value is -4.63. The number of carbonyl (C=O) groups is 2. The van der Waals surface area contributed by atoms with Crippen LogP contribution in [0.4, 0.5) is 5.69 Å². The summed E-state index contributed by atoms with van der Waals surface area (Å²) in [6.07, 6.45) is 5.32. The minimum atomic E-state index is -4.19. The van der Waals surface area contributed by atoms with Crippen LogP contribution < -0.4 is 14.4 Å². The van der Waals surface area contributed by atoms with Crippen LogP contribution >= 0.6 is 0 Å². The Kier molecular flexibility index (Phi) is 11.3.